The van der Waals surface area contributed by atoms with Gasteiger partial charge in [-0.15, -0.1) is 0 Å². The Morgan fingerprint density at radius 1 is 1.43 bits per heavy atom. The standard InChI is InChI=1S/C16H22N2O3/c1-12(13-6-4-3-5-7-13)18-11-14(10-15(18)19)16(20)17-8-9-21-2/h3-7,12,14H,8-11H2,1-2H3,(H,17,20). The van der Waals surface area contributed by atoms with Gasteiger partial charge in [0.1, 0.15) is 0 Å². The van der Waals surface area contributed by atoms with Crippen LogP contribution in [0.3, 0.4) is 0 Å². The van der Waals surface area contributed by atoms with Crippen LogP contribution in [0.5, 0.6) is 0 Å². The van der Waals surface area contributed by atoms with Gasteiger partial charge in [-0.3, -0.25) is 9.59 Å². The SMILES string of the molecule is COCCNC(=O)C1CC(=O)N(C(C)c2ccccc2)C1. The van der Waals surface area contributed by atoms with Gasteiger partial charge in [0, 0.05) is 26.6 Å². The number of rotatable bonds is 6. The lowest BCUT2D eigenvalue weighted by atomic mass is 10.1. The number of methoxy groups -OCH3 is 1. The van der Waals surface area contributed by atoms with Gasteiger partial charge in [-0.05, 0) is 12.5 Å². The highest BCUT2D eigenvalue weighted by Crippen LogP contribution is 2.28. The minimum absolute atomic E-state index is 0.00419. The Morgan fingerprint density at radius 2 is 2.14 bits per heavy atom. The normalized spacial score (nSPS) is 19.6. The molecule has 1 fully saturated rings. The highest BCUT2D eigenvalue weighted by molar-refractivity contribution is 5.89. The molecule has 114 valence electrons. The minimum atomic E-state index is -0.263. The summed E-state index contributed by atoms with van der Waals surface area (Å²) in [5, 5.41) is 2.80. The molecular formula is C16H22N2O3. The first kappa shape index (κ1) is 15.5. The molecule has 5 nitrogen and oxygen atoms in total. The molecule has 21 heavy (non-hydrogen) atoms. The van der Waals surface area contributed by atoms with E-state index in [9.17, 15) is 9.59 Å². The van der Waals surface area contributed by atoms with E-state index in [0.717, 1.165) is 5.56 Å². The fourth-order valence-corrected chi connectivity index (χ4v) is 2.61. The first-order valence-electron chi connectivity index (χ1n) is 7.24. The lowest BCUT2D eigenvalue weighted by molar-refractivity contribution is -0.130. The second-order valence-corrected chi connectivity index (χ2v) is 5.32. The van der Waals surface area contributed by atoms with Crippen molar-refractivity contribution in [1.82, 2.24) is 10.2 Å². The average molecular weight is 290 g/mol. The van der Waals surface area contributed by atoms with Crippen LogP contribution in [0.2, 0.25) is 0 Å². The molecule has 2 rings (SSSR count). The second kappa shape index (κ2) is 7.22. The number of hydrogen-bond acceptors (Lipinski definition) is 3. The summed E-state index contributed by atoms with van der Waals surface area (Å²) in [5.41, 5.74) is 1.09. The zero-order valence-electron chi connectivity index (χ0n) is 12.5. The molecule has 0 bridgehead atoms. The van der Waals surface area contributed by atoms with Gasteiger partial charge >= 0.3 is 0 Å². The van der Waals surface area contributed by atoms with Crippen LogP contribution in [0.15, 0.2) is 30.3 Å². The summed E-state index contributed by atoms with van der Waals surface area (Å²) in [7, 11) is 1.59. The Bertz CT molecular complexity index is 490. The van der Waals surface area contributed by atoms with Gasteiger partial charge in [0.2, 0.25) is 11.8 Å². The third kappa shape index (κ3) is 3.82. The molecule has 1 N–H and O–H groups in total. The predicted molar refractivity (Wildman–Crippen MR) is 79.6 cm³/mol. The van der Waals surface area contributed by atoms with Crippen molar-refractivity contribution in [2.45, 2.75) is 19.4 Å². The third-order valence-corrected chi connectivity index (χ3v) is 3.88. The largest absolute Gasteiger partial charge is 0.383 e. The number of hydrogen-bond donors (Lipinski definition) is 1. The Hall–Kier alpha value is -1.88. The Balaban J connectivity index is 1.95. The number of carbonyl (C=O) groups excluding carboxylic acids is 2. The average Bonchev–Trinajstić information content (AvgIpc) is 2.89. The number of carbonyl (C=O) groups is 2. The maximum absolute atomic E-state index is 12.2. The van der Waals surface area contributed by atoms with Crippen molar-refractivity contribution in [3.05, 3.63) is 35.9 Å². The van der Waals surface area contributed by atoms with Crippen LogP contribution in [-0.4, -0.2) is 43.5 Å². The predicted octanol–water partition coefficient (Wildman–Crippen LogP) is 1.36. The van der Waals surface area contributed by atoms with E-state index in [1.165, 1.54) is 0 Å². The van der Waals surface area contributed by atoms with Crippen molar-refractivity contribution >= 4 is 11.8 Å². The number of amides is 2. The van der Waals surface area contributed by atoms with E-state index < -0.39 is 0 Å². The van der Waals surface area contributed by atoms with Crippen molar-refractivity contribution in [1.29, 1.82) is 0 Å². The maximum atomic E-state index is 12.2. The monoisotopic (exact) mass is 290 g/mol. The lowest BCUT2D eigenvalue weighted by Gasteiger charge is -2.25. The van der Waals surface area contributed by atoms with Gasteiger partial charge in [-0.1, -0.05) is 30.3 Å². The molecule has 2 atom stereocenters. The molecule has 0 radical (unpaired) electrons. The molecule has 1 aliphatic rings. The summed E-state index contributed by atoms with van der Waals surface area (Å²) in [4.78, 5) is 26.0. The van der Waals surface area contributed by atoms with E-state index in [4.69, 9.17) is 4.74 Å². The molecule has 0 saturated carbocycles. The van der Waals surface area contributed by atoms with Crippen molar-refractivity contribution in [3.63, 3.8) is 0 Å². The molecule has 1 aromatic rings. The van der Waals surface area contributed by atoms with Crippen molar-refractivity contribution in [2.24, 2.45) is 5.92 Å². The highest BCUT2D eigenvalue weighted by atomic mass is 16.5. The van der Waals surface area contributed by atoms with Crippen LogP contribution in [0, 0.1) is 5.92 Å². The number of nitrogens with zero attached hydrogens (tertiary/aromatic N) is 1. The quantitative estimate of drug-likeness (QED) is 0.805. The molecule has 2 unspecified atom stereocenters. The Kier molecular flexibility index (Phi) is 5.33. The summed E-state index contributed by atoms with van der Waals surface area (Å²) in [6.45, 7) is 3.44. The first-order chi connectivity index (χ1) is 10.1. The highest BCUT2D eigenvalue weighted by Gasteiger charge is 2.36. The number of likely N-dealkylation sites (tertiary alicyclic amines) is 1. The molecule has 0 spiro atoms. The zero-order valence-corrected chi connectivity index (χ0v) is 12.5. The maximum Gasteiger partial charge on any atom is 0.225 e. The van der Waals surface area contributed by atoms with Crippen LogP contribution in [0.4, 0.5) is 0 Å². The number of benzene rings is 1. The number of nitrogens with one attached hydrogen (secondary N) is 1. The van der Waals surface area contributed by atoms with E-state index in [0.29, 0.717) is 19.7 Å². The van der Waals surface area contributed by atoms with Crippen LogP contribution in [0.25, 0.3) is 0 Å². The lowest BCUT2D eigenvalue weighted by Crippen LogP contribution is -2.35. The Labute approximate surface area is 125 Å². The molecular weight excluding hydrogens is 268 g/mol. The van der Waals surface area contributed by atoms with E-state index in [-0.39, 0.29) is 30.2 Å². The topological polar surface area (TPSA) is 58.6 Å². The van der Waals surface area contributed by atoms with Gasteiger partial charge < -0.3 is 15.0 Å². The molecule has 1 aliphatic heterocycles. The van der Waals surface area contributed by atoms with Crippen molar-refractivity contribution < 1.29 is 14.3 Å². The van der Waals surface area contributed by atoms with Crippen LogP contribution in [0.1, 0.15) is 24.9 Å². The summed E-state index contributed by atoms with van der Waals surface area (Å²) < 4.78 is 4.90. The van der Waals surface area contributed by atoms with Crippen LogP contribution in [-0.2, 0) is 14.3 Å². The fourth-order valence-electron chi connectivity index (χ4n) is 2.61. The van der Waals surface area contributed by atoms with Gasteiger partial charge in [0.25, 0.3) is 0 Å². The third-order valence-electron chi connectivity index (χ3n) is 3.88. The van der Waals surface area contributed by atoms with E-state index in [1.807, 2.05) is 37.3 Å². The zero-order chi connectivity index (χ0) is 15.2. The summed E-state index contributed by atoms with van der Waals surface area (Å²) >= 11 is 0. The fraction of sp³-hybridized carbons (Fsp3) is 0.500. The summed E-state index contributed by atoms with van der Waals surface area (Å²) in [6, 6.07) is 9.88. The van der Waals surface area contributed by atoms with Gasteiger partial charge in [-0.2, -0.15) is 0 Å². The van der Waals surface area contributed by atoms with E-state index in [2.05, 4.69) is 5.32 Å². The van der Waals surface area contributed by atoms with Crippen molar-refractivity contribution in [3.8, 4) is 0 Å². The van der Waals surface area contributed by atoms with Gasteiger partial charge in [0.05, 0.1) is 18.6 Å². The second-order valence-electron chi connectivity index (χ2n) is 5.32. The van der Waals surface area contributed by atoms with E-state index >= 15 is 0 Å². The Morgan fingerprint density at radius 3 is 2.81 bits per heavy atom. The van der Waals surface area contributed by atoms with E-state index in [1.54, 1.807) is 12.0 Å². The van der Waals surface area contributed by atoms with Gasteiger partial charge in [-0.25, -0.2) is 0 Å². The summed E-state index contributed by atoms with van der Waals surface area (Å²) in [6.07, 6.45) is 0.288. The molecule has 1 saturated heterocycles. The molecule has 0 aromatic heterocycles. The van der Waals surface area contributed by atoms with Gasteiger partial charge in [0.15, 0.2) is 0 Å². The molecule has 1 aromatic carbocycles. The summed E-state index contributed by atoms with van der Waals surface area (Å²) in [5.74, 6) is -0.290. The first-order valence-corrected chi connectivity index (χ1v) is 7.24. The van der Waals surface area contributed by atoms with Crippen molar-refractivity contribution in [2.75, 3.05) is 26.8 Å². The molecule has 5 heteroatoms. The van der Waals surface area contributed by atoms with Crippen LogP contribution < -0.4 is 5.32 Å². The molecule has 0 aliphatic carbocycles. The van der Waals surface area contributed by atoms with Crippen LogP contribution >= 0.6 is 0 Å². The molecule has 1 heterocycles. The smallest absolute Gasteiger partial charge is 0.225 e. The molecule has 2 amide bonds. The number of ether oxygens (including phenoxy) is 1. The minimum Gasteiger partial charge on any atom is -0.383 e.